The van der Waals surface area contributed by atoms with Crippen molar-refractivity contribution in [3.63, 3.8) is 0 Å². The minimum atomic E-state index is 0.0706. The number of ether oxygens (including phenoxy) is 1. The molecule has 1 heterocycles. The first-order chi connectivity index (χ1) is 9.99. The number of thiazole rings is 1. The molecular weight excluding hydrogens is 282 g/mol. The molecule has 0 atom stereocenters. The van der Waals surface area contributed by atoms with Gasteiger partial charge in [-0.15, -0.1) is 11.3 Å². The van der Waals surface area contributed by atoms with Gasteiger partial charge in [0.1, 0.15) is 11.8 Å². The lowest BCUT2D eigenvalue weighted by molar-refractivity contribution is 0.368. The van der Waals surface area contributed by atoms with Crippen LogP contribution < -0.4 is 10.1 Å². The van der Waals surface area contributed by atoms with E-state index in [1.165, 1.54) is 0 Å². The summed E-state index contributed by atoms with van der Waals surface area (Å²) in [5, 5.41) is 15.0. The largest absolute Gasteiger partial charge is 0.479 e. The van der Waals surface area contributed by atoms with Crippen LogP contribution in [0.25, 0.3) is 0 Å². The highest BCUT2D eigenvalue weighted by atomic mass is 32.1. The van der Waals surface area contributed by atoms with Crippen LogP contribution in [-0.2, 0) is 12.0 Å². The lowest BCUT2D eigenvalue weighted by atomic mass is 9.98. The third-order valence-corrected chi connectivity index (χ3v) is 4.14. The van der Waals surface area contributed by atoms with E-state index in [9.17, 15) is 0 Å². The van der Waals surface area contributed by atoms with Gasteiger partial charge in [0.25, 0.3) is 0 Å². The molecule has 0 aliphatic heterocycles. The van der Waals surface area contributed by atoms with Crippen LogP contribution >= 0.6 is 11.3 Å². The maximum absolute atomic E-state index is 8.46. The molecule has 0 aliphatic rings. The Labute approximate surface area is 129 Å². The molecule has 2 aromatic rings. The van der Waals surface area contributed by atoms with Crippen molar-refractivity contribution in [2.75, 3.05) is 11.9 Å². The number of hydrogen-bond donors (Lipinski definition) is 1. The molecule has 0 bridgehead atoms. The van der Waals surface area contributed by atoms with Crippen LogP contribution in [0.3, 0.4) is 0 Å². The molecule has 0 saturated carbocycles. The number of anilines is 1. The molecule has 0 unspecified atom stereocenters. The van der Waals surface area contributed by atoms with Crippen molar-refractivity contribution in [3.8, 4) is 11.8 Å². The molecule has 0 saturated heterocycles. The summed E-state index contributed by atoms with van der Waals surface area (Å²) < 4.78 is 5.21. The van der Waals surface area contributed by atoms with E-state index in [2.05, 4.69) is 36.5 Å². The fraction of sp³-hybridized carbons (Fsp3) is 0.375. The van der Waals surface area contributed by atoms with Crippen LogP contribution in [0.15, 0.2) is 29.6 Å². The standard InChI is InChI=1S/C16H19N3OS/c1-16(2,3)15-19-13(11-21-15)10-18-12-4-6-14(7-5-12)20-9-8-17/h4-7,11,18H,9-10H2,1-3H3. The van der Waals surface area contributed by atoms with Gasteiger partial charge in [-0.05, 0) is 24.3 Å². The fourth-order valence-corrected chi connectivity index (χ4v) is 2.62. The van der Waals surface area contributed by atoms with Crippen molar-refractivity contribution in [1.29, 1.82) is 5.26 Å². The summed E-state index contributed by atoms with van der Waals surface area (Å²) in [4.78, 5) is 4.65. The molecular formula is C16H19N3OS. The summed E-state index contributed by atoms with van der Waals surface area (Å²) >= 11 is 1.70. The van der Waals surface area contributed by atoms with Crippen molar-refractivity contribution in [2.45, 2.75) is 32.7 Å². The molecule has 1 aromatic carbocycles. The molecule has 4 nitrogen and oxygen atoms in total. The maximum Gasteiger partial charge on any atom is 0.174 e. The molecule has 0 aliphatic carbocycles. The highest BCUT2D eigenvalue weighted by molar-refractivity contribution is 7.09. The highest BCUT2D eigenvalue weighted by Gasteiger charge is 2.17. The Morgan fingerprint density at radius 3 is 2.57 bits per heavy atom. The molecule has 21 heavy (non-hydrogen) atoms. The van der Waals surface area contributed by atoms with Crippen LogP contribution in [-0.4, -0.2) is 11.6 Å². The van der Waals surface area contributed by atoms with Gasteiger partial charge in [0, 0.05) is 16.5 Å². The topological polar surface area (TPSA) is 57.9 Å². The Hall–Kier alpha value is -2.06. The van der Waals surface area contributed by atoms with E-state index in [1.54, 1.807) is 11.3 Å². The molecule has 0 amide bonds. The Balaban J connectivity index is 1.91. The van der Waals surface area contributed by atoms with Crippen LogP contribution in [0.5, 0.6) is 5.75 Å². The van der Waals surface area contributed by atoms with Crippen molar-refractivity contribution in [3.05, 3.63) is 40.3 Å². The zero-order valence-corrected chi connectivity index (χ0v) is 13.3. The van der Waals surface area contributed by atoms with Gasteiger partial charge in [0.05, 0.1) is 17.2 Å². The number of rotatable bonds is 5. The lowest BCUT2D eigenvalue weighted by Crippen LogP contribution is -2.11. The Morgan fingerprint density at radius 1 is 1.29 bits per heavy atom. The van der Waals surface area contributed by atoms with Crippen LogP contribution in [0.4, 0.5) is 5.69 Å². The number of nitrogens with zero attached hydrogens (tertiary/aromatic N) is 2. The first-order valence-electron chi connectivity index (χ1n) is 6.77. The molecule has 0 fully saturated rings. The van der Waals surface area contributed by atoms with E-state index >= 15 is 0 Å². The van der Waals surface area contributed by atoms with Crippen molar-refractivity contribution in [1.82, 2.24) is 4.98 Å². The lowest BCUT2D eigenvalue weighted by Gasteiger charge is -2.13. The monoisotopic (exact) mass is 301 g/mol. The van der Waals surface area contributed by atoms with Gasteiger partial charge in [-0.25, -0.2) is 4.98 Å². The zero-order valence-electron chi connectivity index (χ0n) is 12.5. The Bertz CT molecular complexity index is 620. The van der Waals surface area contributed by atoms with Gasteiger partial charge >= 0.3 is 0 Å². The van der Waals surface area contributed by atoms with E-state index < -0.39 is 0 Å². The maximum atomic E-state index is 8.46. The van der Waals surface area contributed by atoms with Gasteiger partial charge in [0.15, 0.2) is 6.61 Å². The molecule has 1 aromatic heterocycles. The van der Waals surface area contributed by atoms with E-state index in [0.717, 1.165) is 16.4 Å². The summed E-state index contributed by atoms with van der Waals surface area (Å²) in [6, 6.07) is 9.51. The van der Waals surface area contributed by atoms with Crippen molar-refractivity contribution >= 4 is 17.0 Å². The van der Waals surface area contributed by atoms with E-state index in [4.69, 9.17) is 10.00 Å². The second-order valence-electron chi connectivity index (χ2n) is 5.72. The third-order valence-electron chi connectivity index (χ3n) is 2.82. The quantitative estimate of drug-likeness (QED) is 0.908. The minimum absolute atomic E-state index is 0.0706. The first kappa shape index (κ1) is 15.3. The van der Waals surface area contributed by atoms with Gasteiger partial charge < -0.3 is 10.1 Å². The fourth-order valence-electron chi connectivity index (χ4n) is 1.71. The van der Waals surface area contributed by atoms with E-state index in [0.29, 0.717) is 12.3 Å². The Morgan fingerprint density at radius 2 is 2.00 bits per heavy atom. The van der Waals surface area contributed by atoms with Gasteiger partial charge in [-0.3, -0.25) is 0 Å². The highest BCUT2D eigenvalue weighted by Crippen LogP contribution is 2.26. The number of nitriles is 1. The molecule has 0 spiro atoms. The second-order valence-corrected chi connectivity index (χ2v) is 6.58. The second kappa shape index (κ2) is 6.59. The first-order valence-corrected chi connectivity index (χ1v) is 7.65. The number of hydrogen-bond acceptors (Lipinski definition) is 5. The SMILES string of the molecule is CC(C)(C)c1nc(CNc2ccc(OCC#N)cc2)cs1. The molecule has 0 radical (unpaired) electrons. The normalized spacial score (nSPS) is 11.0. The van der Waals surface area contributed by atoms with Gasteiger partial charge in [0.2, 0.25) is 0 Å². The molecule has 5 heteroatoms. The Kier molecular flexibility index (Phi) is 4.81. The predicted octanol–water partition coefficient (Wildman–Crippen LogP) is 3.96. The third kappa shape index (κ3) is 4.47. The number of aromatic nitrogens is 1. The number of nitrogens with one attached hydrogen (secondary N) is 1. The molecule has 110 valence electrons. The average Bonchev–Trinajstić information content (AvgIpc) is 2.93. The van der Waals surface area contributed by atoms with E-state index in [1.807, 2.05) is 30.3 Å². The van der Waals surface area contributed by atoms with Crippen LogP contribution in [0.1, 0.15) is 31.5 Å². The average molecular weight is 301 g/mol. The predicted molar refractivity (Wildman–Crippen MR) is 85.7 cm³/mol. The molecule has 2 rings (SSSR count). The van der Waals surface area contributed by atoms with Crippen molar-refractivity contribution < 1.29 is 4.74 Å². The summed E-state index contributed by atoms with van der Waals surface area (Å²) in [6.45, 7) is 7.28. The van der Waals surface area contributed by atoms with Crippen molar-refractivity contribution in [2.24, 2.45) is 0 Å². The smallest absolute Gasteiger partial charge is 0.174 e. The summed E-state index contributed by atoms with van der Waals surface area (Å²) in [7, 11) is 0. The van der Waals surface area contributed by atoms with E-state index in [-0.39, 0.29) is 12.0 Å². The van der Waals surface area contributed by atoms with Crippen LogP contribution in [0.2, 0.25) is 0 Å². The summed E-state index contributed by atoms with van der Waals surface area (Å²) in [5.41, 5.74) is 2.15. The van der Waals surface area contributed by atoms with Gasteiger partial charge in [-0.2, -0.15) is 5.26 Å². The minimum Gasteiger partial charge on any atom is -0.479 e. The summed E-state index contributed by atoms with van der Waals surface area (Å²) in [5.74, 6) is 0.700. The zero-order chi connectivity index (χ0) is 15.3. The van der Waals surface area contributed by atoms with Crippen LogP contribution in [0, 0.1) is 11.3 Å². The summed E-state index contributed by atoms with van der Waals surface area (Å²) in [6.07, 6.45) is 0. The molecule has 1 N–H and O–H groups in total. The van der Waals surface area contributed by atoms with Gasteiger partial charge in [-0.1, -0.05) is 20.8 Å². The number of benzene rings is 1.